The van der Waals surface area contributed by atoms with Crippen molar-refractivity contribution in [3.8, 4) is 11.1 Å². The highest BCUT2D eigenvalue weighted by molar-refractivity contribution is 5.79. The summed E-state index contributed by atoms with van der Waals surface area (Å²) in [5.41, 5.74) is 16.2. The molecule has 2 bridgehead atoms. The maximum absolute atomic E-state index is 2.49. The fourth-order valence-corrected chi connectivity index (χ4v) is 6.82. The number of fused-ring (bicyclic) bond motifs is 5. The highest BCUT2D eigenvalue weighted by Gasteiger charge is 2.37. The summed E-state index contributed by atoms with van der Waals surface area (Å²) in [6.45, 7) is 11.0. The Kier molecular flexibility index (Phi) is 5.33. The van der Waals surface area contributed by atoms with E-state index in [1.165, 1.54) is 75.3 Å². The molecule has 4 aromatic carbocycles. The summed E-state index contributed by atoms with van der Waals surface area (Å²) >= 11 is 0. The molecule has 176 valence electrons. The van der Waals surface area contributed by atoms with Gasteiger partial charge in [0.15, 0.2) is 0 Å². The normalized spacial score (nSPS) is 18.1. The molecule has 6 rings (SSSR count). The van der Waals surface area contributed by atoms with E-state index in [2.05, 4.69) is 112 Å². The first-order valence-corrected chi connectivity index (χ1v) is 13.1. The van der Waals surface area contributed by atoms with Gasteiger partial charge in [-0.15, -0.1) is 0 Å². The SMILES string of the molecule is Cc1cc(C)cc(N(c2ccc(-c3cc(C)c4c(c3)C3CCC4C3)cc2)c2cc(C)cc(C)c2)c1. The van der Waals surface area contributed by atoms with Crippen molar-refractivity contribution in [2.75, 3.05) is 4.90 Å². The van der Waals surface area contributed by atoms with E-state index in [0.29, 0.717) is 0 Å². The Bertz CT molecular complexity index is 1330. The van der Waals surface area contributed by atoms with E-state index in [-0.39, 0.29) is 0 Å². The van der Waals surface area contributed by atoms with E-state index in [4.69, 9.17) is 0 Å². The van der Waals surface area contributed by atoms with Crippen LogP contribution in [0.5, 0.6) is 0 Å². The summed E-state index contributed by atoms with van der Waals surface area (Å²) in [6.07, 6.45) is 4.14. The van der Waals surface area contributed by atoms with Gasteiger partial charge in [-0.2, -0.15) is 0 Å². The first kappa shape index (κ1) is 22.2. The van der Waals surface area contributed by atoms with Crippen LogP contribution < -0.4 is 4.90 Å². The minimum absolute atomic E-state index is 0.789. The van der Waals surface area contributed by atoms with Gasteiger partial charge in [0.05, 0.1) is 0 Å². The Balaban J connectivity index is 1.42. The molecule has 2 aliphatic carbocycles. The topological polar surface area (TPSA) is 3.24 Å². The maximum atomic E-state index is 2.49. The molecule has 0 aromatic heterocycles. The van der Waals surface area contributed by atoms with Crippen LogP contribution in [0.4, 0.5) is 17.1 Å². The van der Waals surface area contributed by atoms with Gasteiger partial charge in [-0.05, 0) is 152 Å². The number of aryl methyl sites for hydroxylation is 5. The molecule has 0 saturated heterocycles. The minimum Gasteiger partial charge on any atom is -0.310 e. The lowest BCUT2D eigenvalue weighted by molar-refractivity contribution is 0.714. The highest BCUT2D eigenvalue weighted by atomic mass is 15.1. The van der Waals surface area contributed by atoms with Crippen molar-refractivity contribution in [1.82, 2.24) is 0 Å². The van der Waals surface area contributed by atoms with Crippen LogP contribution in [0, 0.1) is 34.6 Å². The van der Waals surface area contributed by atoms with Gasteiger partial charge in [0.1, 0.15) is 0 Å². The molecule has 1 saturated carbocycles. The van der Waals surface area contributed by atoms with Gasteiger partial charge in [0.2, 0.25) is 0 Å². The van der Waals surface area contributed by atoms with Gasteiger partial charge in [-0.25, -0.2) is 0 Å². The lowest BCUT2D eigenvalue weighted by Gasteiger charge is -2.27. The molecule has 1 heteroatoms. The van der Waals surface area contributed by atoms with Crippen molar-refractivity contribution in [2.45, 2.75) is 65.7 Å². The molecule has 0 heterocycles. The van der Waals surface area contributed by atoms with Crippen LogP contribution >= 0.6 is 0 Å². The zero-order chi connectivity index (χ0) is 24.3. The summed E-state index contributed by atoms with van der Waals surface area (Å²) < 4.78 is 0. The number of hydrogen-bond donors (Lipinski definition) is 0. The van der Waals surface area contributed by atoms with Gasteiger partial charge in [-0.3, -0.25) is 0 Å². The van der Waals surface area contributed by atoms with Gasteiger partial charge in [0, 0.05) is 17.1 Å². The first-order chi connectivity index (χ1) is 16.9. The Morgan fingerprint density at radius 1 is 0.543 bits per heavy atom. The summed E-state index contributed by atoms with van der Waals surface area (Å²) in [5, 5.41) is 0. The smallest absolute Gasteiger partial charge is 0.0466 e. The van der Waals surface area contributed by atoms with Crippen molar-refractivity contribution < 1.29 is 0 Å². The Morgan fingerprint density at radius 2 is 1.09 bits per heavy atom. The van der Waals surface area contributed by atoms with E-state index < -0.39 is 0 Å². The van der Waals surface area contributed by atoms with Gasteiger partial charge < -0.3 is 4.90 Å². The van der Waals surface area contributed by atoms with E-state index in [1.54, 1.807) is 11.1 Å². The number of nitrogens with zero attached hydrogens (tertiary/aromatic N) is 1. The highest BCUT2D eigenvalue weighted by Crippen LogP contribution is 2.54. The average Bonchev–Trinajstić information content (AvgIpc) is 3.41. The second-order valence-corrected chi connectivity index (χ2v) is 11.1. The van der Waals surface area contributed by atoms with E-state index in [1.807, 2.05) is 0 Å². The van der Waals surface area contributed by atoms with Gasteiger partial charge >= 0.3 is 0 Å². The number of hydrogen-bond acceptors (Lipinski definition) is 1. The summed E-state index contributed by atoms with van der Waals surface area (Å²) in [6, 6.07) is 27.8. The predicted molar refractivity (Wildman–Crippen MR) is 150 cm³/mol. The lowest BCUT2D eigenvalue weighted by Crippen LogP contribution is -2.11. The lowest BCUT2D eigenvalue weighted by atomic mass is 9.86. The number of anilines is 3. The Hall–Kier alpha value is -3.32. The number of benzene rings is 4. The molecule has 0 N–H and O–H groups in total. The second kappa shape index (κ2) is 8.41. The standard InChI is InChI=1S/C34H35N/c1-21-12-22(2)15-31(14-21)35(32-16-23(3)13-24(4)17-32)30-10-8-26(9-11-30)29-18-25(5)34-28-7-6-27(19-28)33(34)20-29/h8-18,20,27-28H,6-7,19H2,1-5H3. The molecule has 0 amide bonds. The van der Waals surface area contributed by atoms with Gasteiger partial charge in [-0.1, -0.05) is 36.4 Å². The molecular weight excluding hydrogens is 422 g/mol. The molecule has 1 nitrogen and oxygen atoms in total. The van der Waals surface area contributed by atoms with E-state index in [0.717, 1.165) is 11.8 Å². The monoisotopic (exact) mass is 457 g/mol. The van der Waals surface area contributed by atoms with Crippen molar-refractivity contribution in [1.29, 1.82) is 0 Å². The summed E-state index contributed by atoms with van der Waals surface area (Å²) in [7, 11) is 0. The van der Waals surface area contributed by atoms with Crippen LogP contribution in [0.3, 0.4) is 0 Å². The molecule has 2 atom stereocenters. The van der Waals surface area contributed by atoms with Crippen molar-refractivity contribution >= 4 is 17.1 Å². The van der Waals surface area contributed by atoms with Crippen molar-refractivity contribution in [3.05, 3.63) is 112 Å². The molecule has 0 spiro atoms. The zero-order valence-corrected chi connectivity index (χ0v) is 21.7. The molecule has 35 heavy (non-hydrogen) atoms. The van der Waals surface area contributed by atoms with E-state index >= 15 is 0 Å². The molecular formula is C34H35N. The van der Waals surface area contributed by atoms with Crippen LogP contribution in [0.25, 0.3) is 11.1 Å². The quantitative estimate of drug-likeness (QED) is 0.295. The first-order valence-electron chi connectivity index (χ1n) is 13.1. The third-order valence-electron chi connectivity index (χ3n) is 8.09. The Labute approximate surface area is 210 Å². The average molecular weight is 458 g/mol. The molecule has 0 radical (unpaired) electrons. The Morgan fingerprint density at radius 3 is 1.66 bits per heavy atom. The van der Waals surface area contributed by atoms with E-state index in [9.17, 15) is 0 Å². The van der Waals surface area contributed by atoms with Crippen LogP contribution in [-0.4, -0.2) is 0 Å². The molecule has 2 unspecified atom stereocenters. The third-order valence-corrected chi connectivity index (χ3v) is 8.09. The van der Waals surface area contributed by atoms with Crippen molar-refractivity contribution in [3.63, 3.8) is 0 Å². The van der Waals surface area contributed by atoms with Gasteiger partial charge in [0.25, 0.3) is 0 Å². The minimum atomic E-state index is 0.789. The maximum Gasteiger partial charge on any atom is 0.0466 e. The zero-order valence-electron chi connectivity index (χ0n) is 21.7. The largest absolute Gasteiger partial charge is 0.310 e. The molecule has 1 fully saturated rings. The summed E-state index contributed by atoms with van der Waals surface area (Å²) in [4.78, 5) is 2.40. The molecule has 0 aliphatic heterocycles. The van der Waals surface area contributed by atoms with Crippen LogP contribution in [0.1, 0.15) is 70.0 Å². The van der Waals surface area contributed by atoms with Crippen molar-refractivity contribution in [2.24, 2.45) is 0 Å². The number of rotatable bonds is 4. The third kappa shape index (κ3) is 3.97. The molecule has 4 aromatic rings. The van der Waals surface area contributed by atoms with Crippen LogP contribution in [-0.2, 0) is 0 Å². The fourth-order valence-electron chi connectivity index (χ4n) is 6.82. The van der Waals surface area contributed by atoms with Crippen LogP contribution in [0.2, 0.25) is 0 Å². The second-order valence-electron chi connectivity index (χ2n) is 11.1. The predicted octanol–water partition coefficient (Wildman–Crippen LogP) is 9.73. The molecule has 2 aliphatic rings. The van der Waals surface area contributed by atoms with Crippen LogP contribution in [0.15, 0.2) is 72.8 Å². The fraction of sp³-hybridized carbons (Fsp3) is 0.294. The summed E-state index contributed by atoms with van der Waals surface area (Å²) in [5.74, 6) is 1.60.